The molecule has 1 heterocycles. The van der Waals surface area contributed by atoms with E-state index in [1.807, 2.05) is 6.08 Å². The van der Waals surface area contributed by atoms with Crippen LogP contribution in [0, 0.1) is 0 Å². The Morgan fingerprint density at radius 2 is 2.07 bits per heavy atom. The molecule has 0 aromatic carbocycles. The van der Waals surface area contributed by atoms with Gasteiger partial charge in [-0.05, 0) is 12.0 Å². The van der Waals surface area contributed by atoms with Gasteiger partial charge in [-0.25, -0.2) is 0 Å². The van der Waals surface area contributed by atoms with Crippen LogP contribution < -0.4 is 0 Å². The van der Waals surface area contributed by atoms with E-state index < -0.39 is 0 Å². The molecule has 2 heteroatoms. The van der Waals surface area contributed by atoms with Gasteiger partial charge in [-0.2, -0.15) is 0 Å². The van der Waals surface area contributed by atoms with Gasteiger partial charge >= 0.3 is 0 Å². The SMILES string of the molecule is C=C(Cl)Cc1coc2c1C/C=C\C=C\C2. The number of hydrogen-bond acceptors (Lipinski definition) is 1. The van der Waals surface area contributed by atoms with Crippen molar-refractivity contribution in [2.75, 3.05) is 0 Å². The maximum atomic E-state index is 5.82. The molecule has 0 bridgehead atoms. The molecular formula is C13H13ClO. The fourth-order valence-electron chi connectivity index (χ4n) is 1.75. The minimum atomic E-state index is 0.653. The molecule has 78 valence electrons. The number of fused-ring (bicyclic) bond motifs is 1. The van der Waals surface area contributed by atoms with Crippen LogP contribution in [-0.2, 0) is 19.3 Å². The van der Waals surface area contributed by atoms with E-state index >= 15 is 0 Å². The Bertz CT molecular complexity index is 424. The van der Waals surface area contributed by atoms with Gasteiger partial charge in [-0.1, -0.05) is 42.5 Å². The molecule has 1 nitrogen and oxygen atoms in total. The highest BCUT2D eigenvalue weighted by molar-refractivity contribution is 6.29. The smallest absolute Gasteiger partial charge is 0.111 e. The first kappa shape index (κ1) is 10.3. The first-order chi connectivity index (χ1) is 7.27. The first-order valence-electron chi connectivity index (χ1n) is 5.00. The molecule has 15 heavy (non-hydrogen) atoms. The summed E-state index contributed by atoms with van der Waals surface area (Å²) in [6, 6.07) is 0. The number of allylic oxidation sites excluding steroid dienone is 5. The molecule has 0 radical (unpaired) electrons. The van der Waals surface area contributed by atoms with Crippen molar-refractivity contribution in [1.82, 2.24) is 0 Å². The quantitative estimate of drug-likeness (QED) is 0.739. The van der Waals surface area contributed by atoms with Crippen molar-refractivity contribution in [2.45, 2.75) is 19.3 Å². The van der Waals surface area contributed by atoms with E-state index in [1.165, 1.54) is 5.56 Å². The van der Waals surface area contributed by atoms with Crippen molar-refractivity contribution in [2.24, 2.45) is 0 Å². The molecule has 0 spiro atoms. The van der Waals surface area contributed by atoms with E-state index in [9.17, 15) is 0 Å². The Balaban J connectivity index is 2.31. The molecule has 0 saturated heterocycles. The highest BCUT2D eigenvalue weighted by atomic mass is 35.5. The molecule has 1 aliphatic carbocycles. The Labute approximate surface area is 94.7 Å². The average Bonchev–Trinajstić information content (AvgIpc) is 2.46. The molecule has 0 N–H and O–H groups in total. The van der Waals surface area contributed by atoms with Crippen LogP contribution in [0.1, 0.15) is 16.9 Å². The molecule has 0 aliphatic heterocycles. The topological polar surface area (TPSA) is 13.1 Å². The van der Waals surface area contributed by atoms with Gasteiger partial charge in [0.2, 0.25) is 0 Å². The van der Waals surface area contributed by atoms with Gasteiger partial charge < -0.3 is 4.42 Å². The lowest BCUT2D eigenvalue weighted by Gasteiger charge is -2.02. The zero-order chi connectivity index (χ0) is 10.7. The van der Waals surface area contributed by atoms with Crippen molar-refractivity contribution in [3.05, 3.63) is 59.1 Å². The Kier molecular flexibility index (Phi) is 3.12. The van der Waals surface area contributed by atoms with Crippen molar-refractivity contribution < 1.29 is 4.42 Å². The zero-order valence-electron chi connectivity index (χ0n) is 8.50. The lowest BCUT2D eigenvalue weighted by atomic mass is 10.0. The minimum absolute atomic E-state index is 0.653. The van der Waals surface area contributed by atoms with Gasteiger partial charge in [0.05, 0.1) is 6.26 Å². The van der Waals surface area contributed by atoms with Gasteiger partial charge in [0.1, 0.15) is 5.76 Å². The summed E-state index contributed by atoms with van der Waals surface area (Å²) in [5.74, 6) is 1.04. The van der Waals surface area contributed by atoms with Gasteiger partial charge in [0, 0.05) is 23.4 Å². The maximum absolute atomic E-state index is 5.82. The van der Waals surface area contributed by atoms with E-state index in [4.69, 9.17) is 16.0 Å². The molecule has 0 fully saturated rings. The number of rotatable bonds is 2. The second-order valence-corrected chi connectivity index (χ2v) is 4.16. The monoisotopic (exact) mass is 220 g/mol. The summed E-state index contributed by atoms with van der Waals surface area (Å²) in [4.78, 5) is 0. The summed E-state index contributed by atoms with van der Waals surface area (Å²) < 4.78 is 5.54. The van der Waals surface area contributed by atoms with Gasteiger partial charge in [-0.15, -0.1) is 0 Å². The zero-order valence-corrected chi connectivity index (χ0v) is 9.26. The van der Waals surface area contributed by atoms with Crippen LogP contribution >= 0.6 is 11.6 Å². The van der Waals surface area contributed by atoms with E-state index in [0.717, 1.165) is 24.2 Å². The summed E-state index contributed by atoms with van der Waals surface area (Å²) >= 11 is 5.82. The van der Waals surface area contributed by atoms with Crippen molar-refractivity contribution in [1.29, 1.82) is 0 Å². The van der Waals surface area contributed by atoms with Crippen LogP contribution in [0.4, 0.5) is 0 Å². The average molecular weight is 221 g/mol. The summed E-state index contributed by atoms with van der Waals surface area (Å²) in [6.45, 7) is 3.71. The molecule has 0 atom stereocenters. The molecule has 1 aliphatic rings. The Morgan fingerprint density at radius 1 is 1.33 bits per heavy atom. The molecular weight excluding hydrogens is 208 g/mol. The standard InChI is InChI=1S/C13H13ClO/c1-10(14)8-11-9-15-13-7-5-3-2-4-6-12(11)13/h2-5,9H,1,6-8H2/b4-2-,5-3+. The molecule has 2 rings (SSSR count). The second kappa shape index (κ2) is 4.54. The number of hydrogen-bond donors (Lipinski definition) is 0. The van der Waals surface area contributed by atoms with Gasteiger partial charge in [0.15, 0.2) is 0 Å². The summed E-state index contributed by atoms with van der Waals surface area (Å²) in [6.07, 6.45) is 12.6. The predicted octanol–water partition coefficient (Wildman–Crippen LogP) is 3.79. The fraction of sp³-hybridized carbons (Fsp3) is 0.231. The van der Waals surface area contributed by atoms with Crippen LogP contribution in [0.5, 0.6) is 0 Å². The third-order valence-electron chi connectivity index (χ3n) is 2.46. The summed E-state index contributed by atoms with van der Waals surface area (Å²) in [7, 11) is 0. The minimum Gasteiger partial charge on any atom is -0.468 e. The lowest BCUT2D eigenvalue weighted by Crippen LogP contribution is -1.94. The molecule has 0 unspecified atom stereocenters. The molecule has 1 aromatic heterocycles. The number of halogens is 1. The summed E-state index contributed by atoms with van der Waals surface area (Å²) in [5.41, 5.74) is 2.42. The van der Waals surface area contributed by atoms with E-state index in [2.05, 4.69) is 24.8 Å². The molecule has 1 aromatic rings. The van der Waals surface area contributed by atoms with Crippen molar-refractivity contribution in [3.63, 3.8) is 0 Å². The van der Waals surface area contributed by atoms with Crippen LogP contribution in [0.15, 0.2) is 46.6 Å². The van der Waals surface area contributed by atoms with Crippen LogP contribution in [0.25, 0.3) is 0 Å². The van der Waals surface area contributed by atoms with E-state index in [1.54, 1.807) is 6.26 Å². The van der Waals surface area contributed by atoms with E-state index in [0.29, 0.717) is 11.5 Å². The van der Waals surface area contributed by atoms with Gasteiger partial charge in [0.25, 0.3) is 0 Å². The Hall–Kier alpha value is -1.21. The van der Waals surface area contributed by atoms with Gasteiger partial charge in [-0.3, -0.25) is 0 Å². The summed E-state index contributed by atoms with van der Waals surface area (Å²) in [5, 5.41) is 0.653. The first-order valence-corrected chi connectivity index (χ1v) is 5.38. The highest BCUT2D eigenvalue weighted by Gasteiger charge is 2.12. The van der Waals surface area contributed by atoms with Crippen molar-refractivity contribution in [3.8, 4) is 0 Å². The Morgan fingerprint density at radius 3 is 2.80 bits per heavy atom. The van der Waals surface area contributed by atoms with Crippen molar-refractivity contribution >= 4 is 11.6 Å². The molecule has 0 amide bonds. The third-order valence-corrected chi connectivity index (χ3v) is 2.59. The highest BCUT2D eigenvalue weighted by Crippen LogP contribution is 2.23. The fourth-order valence-corrected chi connectivity index (χ4v) is 1.90. The largest absolute Gasteiger partial charge is 0.468 e. The maximum Gasteiger partial charge on any atom is 0.111 e. The van der Waals surface area contributed by atoms with Crippen LogP contribution in [0.2, 0.25) is 0 Å². The lowest BCUT2D eigenvalue weighted by molar-refractivity contribution is 0.518. The van der Waals surface area contributed by atoms with Crippen LogP contribution in [-0.4, -0.2) is 0 Å². The predicted molar refractivity (Wildman–Crippen MR) is 63.1 cm³/mol. The third kappa shape index (κ3) is 2.42. The normalized spacial score (nSPS) is 18.7. The van der Waals surface area contributed by atoms with Crippen LogP contribution in [0.3, 0.4) is 0 Å². The van der Waals surface area contributed by atoms with E-state index in [-0.39, 0.29) is 0 Å². The molecule has 0 saturated carbocycles. The second-order valence-electron chi connectivity index (χ2n) is 3.62. The number of furan rings is 1.